The zero-order valence-corrected chi connectivity index (χ0v) is 16.3. The molecule has 1 fully saturated rings. The number of hydrogen-bond acceptors (Lipinski definition) is 4. The molecule has 1 aliphatic rings. The average molecular weight is 367 g/mol. The van der Waals surface area contributed by atoms with Gasteiger partial charge in [0.15, 0.2) is 0 Å². The third-order valence-electron chi connectivity index (χ3n) is 4.96. The number of aromatic nitrogens is 1. The first-order chi connectivity index (χ1) is 13.0. The Balaban J connectivity index is 1.54. The SMILES string of the molecule is CC(C)Cc1ccc(CN2CCC[C@@H](NC(=O)c3ccnc(N)c3)C2)cc1. The molecule has 0 saturated carbocycles. The summed E-state index contributed by atoms with van der Waals surface area (Å²) in [7, 11) is 0. The number of anilines is 1. The van der Waals surface area contributed by atoms with Crippen molar-refractivity contribution in [1.29, 1.82) is 0 Å². The topological polar surface area (TPSA) is 71.2 Å². The van der Waals surface area contributed by atoms with E-state index in [9.17, 15) is 4.79 Å². The van der Waals surface area contributed by atoms with Gasteiger partial charge in [-0.2, -0.15) is 0 Å². The maximum atomic E-state index is 12.4. The molecule has 0 aliphatic carbocycles. The summed E-state index contributed by atoms with van der Waals surface area (Å²) in [5.41, 5.74) is 8.97. The molecule has 1 amide bonds. The fourth-order valence-corrected chi connectivity index (χ4v) is 3.69. The maximum Gasteiger partial charge on any atom is 0.251 e. The van der Waals surface area contributed by atoms with Crippen molar-refractivity contribution in [2.45, 2.75) is 45.7 Å². The van der Waals surface area contributed by atoms with Gasteiger partial charge in [-0.3, -0.25) is 9.69 Å². The Hall–Kier alpha value is -2.40. The zero-order chi connectivity index (χ0) is 19.2. The second kappa shape index (κ2) is 9.00. The molecule has 2 heterocycles. The molecule has 144 valence electrons. The number of piperidine rings is 1. The quantitative estimate of drug-likeness (QED) is 0.823. The smallest absolute Gasteiger partial charge is 0.251 e. The minimum absolute atomic E-state index is 0.0750. The second-order valence-corrected chi connectivity index (χ2v) is 7.93. The van der Waals surface area contributed by atoms with Crippen LogP contribution in [0.2, 0.25) is 0 Å². The molecule has 0 spiro atoms. The van der Waals surface area contributed by atoms with Crippen molar-refractivity contribution < 1.29 is 4.79 Å². The van der Waals surface area contributed by atoms with Gasteiger partial charge >= 0.3 is 0 Å². The Bertz CT molecular complexity index is 757. The van der Waals surface area contributed by atoms with E-state index < -0.39 is 0 Å². The first-order valence-corrected chi connectivity index (χ1v) is 9.82. The highest BCUT2D eigenvalue weighted by Gasteiger charge is 2.22. The molecule has 1 atom stereocenters. The molecule has 1 saturated heterocycles. The number of benzene rings is 1. The number of likely N-dealkylation sites (tertiary alicyclic amines) is 1. The number of carbonyl (C=O) groups is 1. The van der Waals surface area contributed by atoms with Crippen molar-refractivity contribution in [3.63, 3.8) is 0 Å². The van der Waals surface area contributed by atoms with Crippen molar-refractivity contribution in [1.82, 2.24) is 15.2 Å². The maximum absolute atomic E-state index is 12.4. The van der Waals surface area contributed by atoms with Crippen molar-refractivity contribution in [3.05, 3.63) is 59.3 Å². The van der Waals surface area contributed by atoms with E-state index in [1.165, 1.54) is 11.1 Å². The van der Waals surface area contributed by atoms with Gasteiger partial charge in [0.1, 0.15) is 5.82 Å². The van der Waals surface area contributed by atoms with E-state index in [1.54, 1.807) is 18.3 Å². The van der Waals surface area contributed by atoms with E-state index in [0.29, 0.717) is 17.3 Å². The summed E-state index contributed by atoms with van der Waals surface area (Å²) < 4.78 is 0. The summed E-state index contributed by atoms with van der Waals surface area (Å²) in [6.07, 6.45) is 4.79. The number of nitrogen functional groups attached to an aromatic ring is 1. The molecule has 1 aromatic heterocycles. The highest BCUT2D eigenvalue weighted by molar-refractivity contribution is 5.94. The van der Waals surface area contributed by atoms with Gasteiger partial charge in [-0.15, -0.1) is 0 Å². The number of rotatable bonds is 6. The molecule has 2 aromatic rings. The lowest BCUT2D eigenvalue weighted by atomic mass is 10.0. The molecule has 5 heteroatoms. The van der Waals surface area contributed by atoms with Crippen LogP contribution in [0.15, 0.2) is 42.6 Å². The molecule has 0 bridgehead atoms. The van der Waals surface area contributed by atoms with E-state index >= 15 is 0 Å². The van der Waals surface area contributed by atoms with Gasteiger partial charge in [0.2, 0.25) is 0 Å². The van der Waals surface area contributed by atoms with Crippen LogP contribution >= 0.6 is 0 Å². The highest BCUT2D eigenvalue weighted by Crippen LogP contribution is 2.16. The van der Waals surface area contributed by atoms with E-state index in [4.69, 9.17) is 5.73 Å². The largest absolute Gasteiger partial charge is 0.384 e. The van der Waals surface area contributed by atoms with Crippen LogP contribution in [0.5, 0.6) is 0 Å². The molecule has 27 heavy (non-hydrogen) atoms. The molecular formula is C22H30N4O. The van der Waals surface area contributed by atoms with E-state index in [1.807, 2.05) is 0 Å². The minimum atomic E-state index is -0.0750. The standard InChI is InChI=1S/C22H30N4O/c1-16(2)12-17-5-7-18(8-6-17)14-26-11-3-4-20(15-26)25-22(27)19-9-10-24-21(23)13-19/h5-10,13,16,20H,3-4,11-12,14-15H2,1-2H3,(H2,23,24)(H,25,27)/t20-/m1/s1. The van der Waals surface area contributed by atoms with Crippen LogP contribution in [0.4, 0.5) is 5.82 Å². The van der Waals surface area contributed by atoms with Crippen LogP contribution in [0.3, 0.4) is 0 Å². The number of carbonyl (C=O) groups excluding carboxylic acids is 1. The molecule has 0 radical (unpaired) electrons. The molecular weight excluding hydrogens is 336 g/mol. The van der Waals surface area contributed by atoms with Gasteiger partial charge in [-0.1, -0.05) is 38.1 Å². The fraction of sp³-hybridized carbons (Fsp3) is 0.455. The van der Waals surface area contributed by atoms with Gasteiger partial charge < -0.3 is 11.1 Å². The Morgan fingerprint density at radius 2 is 2.00 bits per heavy atom. The van der Waals surface area contributed by atoms with Crippen LogP contribution in [-0.4, -0.2) is 34.9 Å². The fourth-order valence-electron chi connectivity index (χ4n) is 3.69. The predicted octanol–water partition coefficient (Wildman–Crippen LogP) is 3.26. The molecule has 5 nitrogen and oxygen atoms in total. The number of amides is 1. The van der Waals surface area contributed by atoms with Crippen LogP contribution in [-0.2, 0) is 13.0 Å². The normalized spacial score (nSPS) is 17.8. The van der Waals surface area contributed by atoms with Crippen LogP contribution in [0.25, 0.3) is 0 Å². The first-order valence-electron chi connectivity index (χ1n) is 9.82. The minimum Gasteiger partial charge on any atom is -0.384 e. The lowest BCUT2D eigenvalue weighted by Crippen LogP contribution is -2.47. The number of pyridine rings is 1. The third kappa shape index (κ3) is 5.79. The number of nitrogens with two attached hydrogens (primary N) is 1. The van der Waals surface area contributed by atoms with Crippen molar-refractivity contribution in [3.8, 4) is 0 Å². The van der Waals surface area contributed by atoms with Crippen molar-refractivity contribution in [2.24, 2.45) is 5.92 Å². The number of nitrogens with zero attached hydrogens (tertiary/aromatic N) is 2. The Morgan fingerprint density at radius 3 is 2.70 bits per heavy atom. The number of nitrogens with one attached hydrogen (secondary N) is 1. The van der Waals surface area contributed by atoms with E-state index in [2.05, 4.69) is 53.3 Å². The van der Waals surface area contributed by atoms with E-state index in [0.717, 1.165) is 38.9 Å². The lowest BCUT2D eigenvalue weighted by molar-refractivity contribution is 0.0900. The predicted molar refractivity (Wildman–Crippen MR) is 109 cm³/mol. The van der Waals surface area contributed by atoms with Crippen LogP contribution < -0.4 is 11.1 Å². The summed E-state index contributed by atoms with van der Waals surface area (Å²) in [6.45, 7) is 7.37. The monoisotopic (exact) mass is 366 g/mol. The zero-order valence-electron chi connectivity index (χ0n) is 16.3. The first kappa shape index (κ1) is 19.4. The summed E-state index contributed by atoms with van der Waals surface area (Å²) >= 11 is 0. The Morgan fingerprint density at radius 1 is 1.26 bits per heavy atom. The van der Waals surface area contributed by atoms with Crippen LogP contribution in [0.1, 0.15) is 48.2 Å². The summed E-state index contributed by atoms with van der Waals surface area (Å²) in [6, 6.07) is 12.4. The van der Waals surface area contributed by atoms with Crippen molar-refractivity contribution >= 4 is 11.7 Å². The third-order valence-corrected chi connectivity index (χ3v) is 4.96. The highest BCUT2D eigenvalue weighted by atomic mass is 16.1. The summed E-state index contributed by atoms with van der Waals surface area (Å²) in [4.78, 5) is 18.8. The molecule has 1 aliphatic heterocycles. The van der Waals surface area contributed by atoms with Gasteiger partial charge in [0.25, 0.3) is 5.91 Å². The van der Waals surface area contributed by atoms with Crippen LogP contribution in [0, 0.1) is 5.92 Å². The molecule has 0 unspecified atom stereocenters. The lowest BCUT2D eigenvalue weighted by Gasteiger charge is -2.33. The van der Waals surface area contributed by atoms with Gasteiger partial charge in [-0.25, -0.2) is 4.98 Å². The second-order valence-electron chi connectivity index (χ2n) is 7.93. The molecule has 3 N–H and O–H groups in total. The number of hydrogen-bond donors (Lipinski definition) is 2. The summed E-state index contributed by atoms with van der Waals surface area (Å²) in [5, 5.41) is 3.14. The summed E-state index contributed by atoms with van der Waals surface area (Å²) in [5.74, 6) is 0.973. The van der Waals surface area contributed by atoms with Crippen molar-refractivity contribution in [2.75, 3.05) is 18.8 Å². The Kier molecular flexibility index (Phi) is 6.45. The van der Waals surface area contributed by atoms with Gasteiger partial charge in [0, 0.05) is 30.9 Å². The molecule has 1 aromatic carbocycles. The Labute approximate surface area is 162 Å². The van der Waals surface area contributed by atoms with Gasteiger partial charge in [-0.05, 0) is 55.0 Å². The average Bonchev–Trinajstić information content (AvgIpc) is 2.63. The molecule has 3 rings (SSSR count). The van der Waals surface area contributed by atoms with E-state index in [-0.39, 0.29) is 11.9 Å². The van der Waals surface area contributed by atoms with Gasteiger partial charge in [0.05, 0.1) is 0 Å².